The quantitative estimate of drug-likeness (QED) is 0.817. The fraction of sp³-hybridized carbons (Fsp3) is 0.647. The molecule has 0 spiro atoms. The van der Waals surface area contributed by atoms with E-state index in [9.17, 15) is 14.4 Å². The topological polar surface area (TPSA) is 87.5 Å². The summed E-state index contributed by atoms with van der Waals surface area (Å²) in [7, 11) is 0. The molecule has 2 fully saturated rings. The Morgan fingerprint density at radius 2 is 2.08 bits per heavy atom. The van der Waals surface area contributed by atoms with Crippen LogP contribution in [0, 0.1) is 13.8 Å². The highest BCUT2D eigenvalue weighted by atomic mass is 16.2. The van der Waals surface area contributed by atoms with Crippen molar-refractivity contribution in [3.05, 3.63) is 17.5 Å². The number of nitrogens with one attached hydrogen (secondary N) is 1. The summed E-state index contributed by atoms with van der Waals surface area (Å²) in [6, 6.07) is 1.55. The number of hydrogen-bond acceptors (Lipinski definition) is 4. The number of amides is 4. The molecule has 4 amide bonds. The third-order valence-corrected chi connectivity index (χ3v) is 4.92. The van der Waals surface area contributed by atoms with Crippen molar-refractivity contribution in [1.29, 1.82) is 0 Å². The third kappa shape index (κ3) is 3.25. The molecule has 1 aromatic rings. The number of rotatable bonds is 4. The molecular formula is C17H25N5O3. The summed E-state index contributed by atoms with van der Waals surface area (Å²) < 4.78 is 1.92. The van der Waals surface area contributed by atoms with E-state index < -0.39 is 11.6 Å². The second-order valence-corrected chi connectivity index (χ2v) is 7.44. The maximum absolute atomic E-state index is 12.7. The van der Waals surface area contributed by atoms with Gasteiger partial charge in [-0.05, 0) is 46.6 Å². The van der Waals surface area contributed by atoms with Crippen LogP contribution in [0.25, 0.3) is 0 Å². The number of hydrogen-bond donors (Lipinski definition) is 1. The van der Waals surface area contributed by atoms with Gasteiger partial charge in [0.25, 0.3) is 5.91 Å². The summed E-state index contributed by atoms with van der Waals surface area (Å²) in [5, 5.41) is 7.07. The number of nitrogens with zero attached hydrogens (tertiary/aromatic N) is 4. The van der Waals surface area contributed by atoms with Gasteiger partial charge in [-0.2, -0.15) is 5.10 Å². The van der Waals surface area contributed by atoms with Crippen molar-refractivity contribution in [1.82, 2.24) is 24.9 Å². The van der Waals surface area contributed by atoms with E-state index in [-0.39, 0.29) is 24.4 Å². The van der Waals surface area contributed by atoms with Crippen molar-refractivity contribution < 1.29 is 14.4 Å². The molecule has 3 heterocycles. The molecule has 3 rings (SSSR count). The van der Waals surface area contributed by atoms with Gasteiger partial charge in [0.05, 0.1) is 18.3 Å². The van der Waals surface area contributed by atoms with Gasteiger partial charge in [0, 0.05) is 12.2 Å². The minimum absolute atomic E-state index is 0.0410. The fourth-order valence-electron chi connectivity index (χ4n) is 3.60. The van der Waals surface area contributed by atoms with Gasteiger partial charge in [0.15, 0.2) is 0 Å². The Morgan fingerprint density at radius 3 is 2.64 bits per heavy atom. The van der Waals surface area contributed by atoms with Crippen molar-refractivity contribution in [2.75, 3.05) is 13.1 Å². The first-order chi connectivity index (χ1) is 11.7. The second kappa shape index (κ2) is 6.16. The molecule has 1 atom stereocenters. The van der Waals surface area contributed by atoms with E-state index in [1.165, 1.54) is 0 Å². The molecule has 0 aliphatic carbocycles. The lowest BCUT2D eigenvalue weighted by molar-refractivity contribution is -0.139. The van der Waals surface area contributed by atoms with E-state index in [1.807, 2.05) is 24.6 Å². The van der Waals surface area contributed by atoms with Gasteiger partial charge in [-0.3, -0.25) is 19.2 Å². The Labute approximate surface area is 147 Å². The molecule has 2 aliphatic rings. The standard InChI is InChI=1S/C17H25N5O3/c1-11-8-12(2)22(19-11)9-13-6-5-7-20(13)14(23)10-21-15(24)17(3,4)18-16(21)25/h8,13H,5-7,9-10H2,1-4H3,(H,18,25)/t13-/m0/s1. The summed E-state index contributed by atoms with van der Waals surface area (Å²) in [6.07, 6.45) is 1.82. The van der Waals surface area contributed by atoms with E-state index in [0.29, 0.717) is 13.1 Å². The Balaban J connectivity index is 1.68. The number of aromatic nitrogens is 2. The van der Waals surface area contributed by atoms with Gasteiger partial charge in [0.1, 0.15) is 12.1 Å². The Morgan fingerprint density at radius 1 is 1.36 bits per heavy atom. The molecule has 0 radical (unpaired) electrons. The van der Waals surface area contributed by atoms with E-state index in [2.05, 4.69) is 10.4 Å². The average molecular weight is 347 g/mol. The lowest BCUT2D eigenvalue weighted by Gasteiger charge is -2.26. The van der Waals surface area contributed by atoms with Gasteiger partial charge < -0.3 is 10.2 Å². The molecule has 0 unspecified atom stereocenters. The summed E-state index contributed by atoms with van der Waals surface area (Å²) in [5.41, 5.74) is 1.06. The van der Waals surface area contributed by atoms with Crippen molar-refractivity contribution in [2.45, 2.75) is 58.7 Å². The van der Waals surface area contributed by atoms with Crippen LogP contribution < -0.4 is 5.32 Å². The Bertz CT molecular complexity index is 724. The van der Waals surface area contributed by atoms with E-state index in [1.54, 1.807) is 18.7 Å². The maximum atomic E-state index is 12.7. The lowest BCUT2D eigenvalue weighted by Crippen LogP contribution is -2.46. The first-order valence-electron chi connectivity index (χ1n) is 8.63. The van der Waals surface area contributed by atoms with Crippen LogP contribution in [0.15, 0.2) is 6.07 Å². The van der Waals surface area contributed by atoms with Gasteiger partial charge in [-0.1, -0.05) is 0 Å². The Kier molecular flexibility index (Phi) is 4.30. The maximum Gasteiger partial charge on any atom is 0.325 e. The van der Waals surface area contributed by atoms with Crippen LogP contribution in [-0.4, -0.2) is 62.1 Å². The molecule has 1 aromatic heterocycles. The number of carbonyl (C=O) groups is 3. The van der Waals surface area contributed by atoms with E-state index in [0.717, 1.165) is 29.1 Å². The zero-order valence-corrected chi connectivity index (χ0v) is 15.2. The minimum atomic E-state index is -0.953. The number of likely N-dealkylation sites (tertiary alicyclic amines) is 1. The van der Waals surface area contributed by atoms with Gasteiger partial charge in [-0.25, -0.2) is 4.79 Å². The zero-order chi connectivity index (χ0) is 18.4. The lowest BCUT2D eigenvalue weighted by atomic mass is 10.1. The van der Waals surface area contributed by atoms with Crippen LogP contribution >= 0.6 is 0 Å². The Hall–Kier alpha value is -2.38. The molecular weight excluding hydrogens is 322 g/mol. The zero-order valence-electron chi connectivity index (χ0n) is 15.2. The number of imide groups is 1. The van der Waals surface area contributed by atoms with Crippen LogP contribution in [0.3, 0.4) is 0 Å². The molecule has 0 bridgehead atoms. The molecule has 8 heteroatoms. The van der Waals surface area contributed by atoms with E-state index >= 15 is 0 Å². The van der Waals surface area contributed by atoms with Crippen LogP contribution in [0.1, 0.15) is 38.1 Å². The number of carbonyl (C=O) groups excluding carboxylic acids is 3. The molecule has 0 saturated carbocycles. The normalized spacial score (nSPS) is 22.6. The first kappa shape index (κ1) is 17.4. The minimum Gasteiger partial charge on any atom is -0.336 e. The van der Waals surface area contributed by atoms with Gasteiger partial charge in [0.2, 0.25) is 5.91 Å². The van der Waals surface area contributed by atoms with Gasteiger partial charge >= 0.3 is 6.03 Å². The molecule has 25 heavy (non-hydrogen) atoms. The molecule has 136 valence electrons. The SMILES string of the molecule is Cc1cc(C)n(C[C@@H]2CCCN2C(=O)CN2C(=O)NC(C)(C)C2=O)n1. The number of urea groups is 1. The highest BCUT2D eigenvalue weighted by Gasteiger charge is 2.45. The van der Waals surface area contributed by atoms with Crippen molar-refractivity contribution >= 4 is 17.8 Å². The van der Waals surface area contributed by atoms with Crippen molar-refractivity contribution in [3.63, 3.8) is 0 Å². The largest absolute Gasteiger partial charge is 0.336 e. The molecule has 1 N–H and O–H groups in total. The monoisotopic (exact) mass is 347 g/mol. The highest BCUT2D eigenvalue weighted by Crippen LogP contribution is 2.22. The van der Waals surface area contributed by atoms with Crippen molar-refractivity contribution in [3.8, 4) is 0 Å². The highest BCUT2D eigenvalue weighted by molar-refractivity contribution is 6.08. The summed E-state index contributed by atoms with van der Waals surface area (Å²) in [4.78, 5) is 39.8. The van der Waals surface area contributed by atoms with Crippen molar-refractivity contribution in [2.24, 2.45) is 0 Å². The molecule has 8 nitrogen and oxygen atoms in total. The summed E-state index contributed by atoms with van der Waals surface area (Å²) in [6.45, 7) is 8.30. The van der Waals surface area contributed by atoms with Gasteiger partial charge in [-0.15, -0.1) is 0 Å². The second-order valence-electron chi connectivity index (χ2n) is 7.44. The van der Waals surface area contributed by atoms with Crippen LogP contribution in [-0.2, 0) is 16.1 Å². The first-order valence-corrected chi connectivity index (χ1v) is 8.63. The van der Waals surface area contributed by atoms with E-state index in [4.69, 9.17) is 0 Å². The predicted molar refractivity (Wildman–Crippen MR) is 90.8 cm³/mol. The third-order valence-electron chi connectivity index (χ3n) is 4.92. The number of aryl methyl sites for hydroxylation is 2. The molecule has 0 aromatic carbocycles. The average Bonchev–Trinajstić information content (AvgIpc) is 3.14. The van der Waals surface area contributed by atoms with Crippen LogP contribution in [0.5, 0.6) is 0 Å². The summed E-state index contributed by atoms with van der Waals surface area (Å²) >= 11 is 0. The van der Waals surface area contributed by atoms with Crippen LogP contribution in [0.4, 0.5) is 4.79 Å². The molecule has 2 aliphatic heterocycles. The van der Waals surface area contributed by atoms with Crippen LogP contribution in [0.2, 0.25) is 0 Å². The predicted octanol–water partition coefficient (Wildman–Crippen LogP) is 0.821. The summed E-state index contributed by atoms with van der Waals surface area (Å²) in [5.74, 6) is -0.551. The smallest absolute Gasteiger partial charge is 0.325 e. The fourth-order valence-corrected chi connectivity index (χ4v) is 3.60. The molecule has 2 saturated heterocycles.